The van der Waals surface area contributed by atoms with Crippen LogP contribution in [0.25, 0.3) is 0 Å². The number of aromatic carboxylic acids is 1. The number of hydrogen-bond acceptors (Lipinski definition) is 3. The lowest BCUT2D eigenvalue weighted by atomic mass is 10.1. The third kappa shape index (κ3) is 1.21. The molecule has 1 aromatic rings. The lowest BCUT2D eigenvalue weighted by Gasteiger charge is -1.94. The first kappa shape index (κ1) is 8.80. The lowest BCUT2D eigenvalue weighted by Crippen LogP contribution is -2.06. The number of nitrogens with two attached hydrogens (primary N) is 1. The van der Waals surface area contributed by atoms with E-state index in [1.807, 2.05) is 0 Å². The summed E-state index contributed by atoms with van der Waals surface area (Å²) < 4.78 is 5.14. The second kappa shape index (κ2) is 2.98. The zero-order chi connectivity index (χ0) is 9.30. The summed E-state index contributed by atoms with van der Waals surface area (Å²) in [7, 11) is 0. The summed E-state index contributed by atoms with van der Waals surface area (Å²) in [6, 6.07) is 0. The number of carbonyl (C=O) groups is 1. The largest absolute Gasteiger partial charge is 0.478 e. The van der Waals surface area contributed by atoms with Gasteiger partial charge in [-0.1, -0.05) is 0 Å². The minimum absolute atomic E-state index is 0.199. The summed E-state index contributed by atoms with van der Waals surface area (Å²) in [5.74, 6) is 0.0256. The highest BCUT2D eigenvalue weighted by Crippen LogP contribution is 2.20. The Bertz CT molecular complexity index is 314. The van der Waals surface area contributed by atoms with Gasteiger partial charge in [-0.2, -0.15) is 0 Å². The van der Waals surface area contributed by atoms with Crippen molar-refractivity contribution >= 4 is 5.97 Å². The molecule has 12 heavy (non-hydrogen) atoms. The van der Waals surface area contributed by atoms with Crippen LogP contribution >= 0.6 is 0 Å². The van der Waals surface area contributed by atoms with Crippen LogP contribution in [0.1, 0.15) is 27.4 Å². The van der Waals surface area contributed by atoms with Gasteiger partial charge < -0.3 is 15.3 Å². The van der Waals surface area contributed by atoms with Crippen LogP contribution in [0.4, 0.5) is 0 Å². The minimum Gasteiger partial charge on any atom is -0.478 e. The van der Waals surface area contributed by atoms with Crippen molar-refractivity contribution in [2.75, 3.05) is 0 Å². The normalized spacial score (nSPS) is 10.2. The SMILES string of the molecule is Cc1oc(C)c(C(=O)O)c1CN. The number of furan rings is 1. The zero-order valence-corrected chi connectivity index (χ0v) is 7.05. The van der Waals surface area contributed by atoms with Crippen LogP contribution in [-0.4, -0.2) is 11.1 Å². The Labute approximate surface area is 70.0 Å². The average Bonchev–Trinajstić information content (AvgIpc) is 2.24. The lowest BCUT2D eigenvalue weighted by molar-refractivity contribution is 0.0694. The number of carboxylic acid groups (broad SMARTS) is 1. The van der Waals surface area contributed by atoms with E-state index in [1.165, 1.54) is 0 Å². The van der Waals surface area contributed by atoms with E-state index in [9.17, 15) is 4.79 Å². The first-order chi connectivity index (χ1) is 5.57. The Morgan fingerprint density at radius 1 is 1.50 bits per heavy atom. The molecular formula is C8H11NO3. The maximum Gasteiger partial charge on any atom is 0.339 e. The summed E-state index contributed by atoms with van der Waals surface area (Å²) in [4.78, 5) is 10.7. The van der Waals surface area contributed by atoms with E-state index in [4.69, 9.17) is 15.3 Å². The first-order valence-electron chi connectivity index (χ1n) is 3.60. The summed E-state index contributed by atoms with van der Waals surface area (Å²) in [5, 5.41) is 8.78. The summed E-state index contributed by atoms with van der Waals surface area (Å²) in [6.07, 6.45) is 0. The molecule has 0 fully saturated rings. The van der Waals surface area contributed by atoms with E-state index >= 15 is 0 Å². The second-order valence-corrected chi connectivity index (χ2v) is 2.58. The third-order valence-electron chi connectivity index (χ3n) is 1.80. The molecule has 4 heteroatoms. The molecule has 1 aromatic heterocycles. The van der Waals surface area contributed by atoms with Crippen molar-refractivity contribution in [2.24, 2.45) is 5.73 Å². The molecule has 1 heterocycles. The number of aryl methyl sites for hydroxylation is 2. The van der Waals surface area contributed by atoms with Gasteiger partial charge in [-0.3, -0.25) is 0 Å². The van der Waals surface area contributed by atoms with Crippen LogP contribution in [0.3, 0.4) is 0 Å². The molecule has 0 spiro atoms. The molecule has 0 aliphatic carbocycles. The fraction of sp³-hybridized carbons (Fsp3) is 0.375. The van der Waals surface area contributed by atoms with Gasteiger partial charge in [0.2, 0.25) is 0 Å². The topological polar surface area (TPSA) is 76.5 Å². The van der Waals surface area contributed by atoms with Crippen LogP contribution in [-0.2, 0) is 6.54 Å². The van der Waals surface area contributed by atoms with E-state index in [0.29, 0.717) is 17.1 Å². The predicted octanol–water partition coefficient (Wildman–Crippen LogP) is 1.05. The number of hydrogen-bond donors (Lipinski definition) is 2. The van der Waals surface area contributed by atoms with Crippen molar-refractivity contribution in [3.8, 4) is 0 Å². The Balaban J connectivity index is 3.32. The van der Waals surface area contributed by atoms with Gasteiger partial charge in [0.15, 0.2) is 0 Å². The molecule has 0 radical (unpaired) electrons. The Morgan fingerprint density at radius 3 is 2.42 bits per heavy atom. The summed E-state index contributed by atoms with van der Waals surface area (Å²) in [6.45, 7) is 3.53. The molecule has 0 aliphatic rings. The van der Waals surface area contributed by atoms with Crippen molar-refractivity contribution in [2.45, 2.75) is 20.4 Å². The molecule has 0 saturated heterocycles. The van der Waals surface area contributed by atoms with Crippen molar-refractivity contribution < 1.29 is 14.3 Å². The predicted molar refractivity (Wildman–Crippen MR) is 43.0 cm³/mol. The molecule has 0 unspecified atom stereocenters. The molecular weight excluding hydrogens is 158 g/mol. The number of rotatable bonds is 2. The highest BCUT2D eigenvalue weighted by Gasteiger charge is 2.18. The first-order valence-corrected chi connectivity index (χ1v) is 3.60. The smallest absolute Gasteiger partial charge is 0.339 e. The third-order valence-corrected chi connectivity index (χ3v) is 1.80. The van der Waals surface area contributed by atoms with E-state index in [2.05, 4.69) is 0 Å². The zero-order valence-electron chi connectivity index (χ0n) is 7.05. The van der Waals surface area contributed by atoms with Crippen molar-refractivity contribution in [3.05, 3.63) is 22.6 Å². The monoisotopic (exact) mass is 169 g/mol. The fourth-order valence-electron chi connectivity index (χ4n) is 1.26. The molecule has 0 aliphatic heterocycles. The molecule has 0 atom stereocenters. The maximum absolute atomic E-state index is 10.7. The van der Waals surface area contributed by atoms with Gasteiger partial charge >= 0.3 is 5.97 Å². The van der Waals surface area contributed by atoms with Gasteiger partial charge in [0.25, 0.3) is 0 Å². The number of carboxylic acids is 1. The molecule has 0 saturated carbocycles. The summed E-state index contributed by atoms with van der Waals surface area (Å²) in [5.41, 5.74) is 6.17. The fourth-order valence-corrected chi connectivity index (χ4v) is 1.26. The average molecular weight is 169 g/mol. The van der Waals surface area contributed by atoms with Crippen LogP contribution in [0.2, 0.25) is 0 Å². The van der Waals surface area contributed by atoms with E-state index in [-0.39, 0.29) is 12.1 Å². The van der Waals surface area contributed by atoms with Gasteiger partial charge in [0.1, 0.15) is 17.1 Å². The van der Waals surface area contributed by atoms with E-state index < -0.39 is 5.97 Å². The van der Waals surface area contributed by atoms with Crippen molar-refractivity contribution in [3.63, 3.8) is 0 Å². The van der Waals surface area contributed by atoms with Crippen molar-refractivity contribution in [1.29, 1.82) is 0 Å². The molecule has 66 valence electrons. The highest BCUT2D eigenvalue weighted by atomic mass is 16.4. The molecule has 3 N–H and O–H groups in total. The molecule has 0 aromatic carbocycles. The van der Waals surface area contributed by atoms with Gasteiger partial charge in [0, 0.05) is 12.1 Å². The van der Waals surface area contributed by atoms with E-state index in [0.717, 1.165) is 0 Å². The Kier molecular flexibility index (Phi) is 2.19. The maximum atomic E-state index is 10.7. The highest BCUT2D eigenvalue weighted by molar-refractivity contribution is 5.90. The molecule has 0 amide bonds. The van der Waals surface area contributed by atoms with Gasteiger partial charge in [-0.25, -0.2) is 4.79 Å². The van der Waals surface area contributed by atoms with Crippen LogP contribution in [0.15, 0.2) is 4.42 Å². The van der Waals surface area contributed by atoms with Crippen LogP contribution in [0.5, 0.6) is 0 Å². The standard InChI is InChI=1S/C8H11NO3/c1-4-6(3-9)7(8(10)11)5(2)12-4/h3,9H2,1-2H3,(H,10,11). The van der Waals surface area contributed by atoms with Gasteiger partial charge in [0.05, 0.1) is 0 Å². The quantitative estimate of drug-likeness (QED) is 0.693. The van der Waals surface area contributed by atoms with Crippen LogP contribution < -0.4 is 5.73 Å². The summed E-state index contributed by atoms with van der Waals surface area (Å²) >= 11 is 0. The van der Waals surface area contributed by atoms with E-state index in [1.54, 1.807) is 13.8 Å². The Hall–Kier alpha value is -1.29. The van der Waals surface area contributed by atoms with Crippen molar-refractivity contribution in [1.82, 2.24) is 0 Å². The second-order valence-electron chi connectivity index (χ2n) is 2.58. The molecule has 4 nitrogen and oxygen atoms in total. The van der Waals surface area contributed by atoms with Crippen LogP contribution in [0, 0.1) is 13.8 Å². The minimum atomic E-state index is -0.982. The molecule has 0 bridgehead atoms. The van der Waals surface area contributed by atoms with Gasteiger partial charge in [-0.15, -0.1) is 0 Å². The molecule has 1 rings (SSSR count). The Morgan fingerprint density at radius 2 is 2.08 bits per heavy atom. The van der Waals surface area contributed by atoms with Gasteiger partial charge in [-0.05, 0) is 13.8 Å².